The van der Waals surface area contributed by atoms with Crippen LogP contribution in [0.4, 0.5) is 13.2 Å². The Kier molecular flexibility index (Phi) is 3.99. The van der Waals surface area contributed by atoms with Gasteiger partial charge in [-0.25, -0.2) is 0 Å². The third-order valence-electron chi connectivity index (χ3n) is 0.985. The molecule has 0 aliphatic heterocycles. The monoisotopic (exact) mass is 167 g/mol. The van der Waals surface area contributed by atoms with Gasteiger partial charge in [0.1, 0.15) is 6.04 Å². The Morgan fingerprint density at radius 3 is 2.30 bits per heavy atom. The molecule has 5 heteroatoms. The van der Waals surface area contributed by atoms with Crippen LogP contribution < -0.4 is 0 Å². The fourth-order valence-corrected chi connectivity index (χ4v) is 0.875. The van der Waals surface area contributed by atoms with E-state index < -0.39 is 27.4 Å². The lowest BCUT2D eigenvalue weighted by Gasteiger charge is -2.09. The first-order valence-corrected chi connectivity index (χ1v) is 5.30. The lowest BCUT2D eigenvalue weighted by molar-refractivity contribution is -0.142. The second-order valence-electron chi connectivity index (χ2n) is 1.96. The van der Waals surface area contributed by atoms with Crippen LogP contribution in [0, 0.1) is 0 Å². The molecule has 0 aromatic carbocycles. The molecule has 0 heterocycles. The summed E-state index contributed by atoms with van der Waals surface area (Å²) >= 11 is -0.478. The predicted molar refractivity (Wildman–Crippen MR) is 37.0 cm³/mol. The number of alkyl halides is 3. The van der Waals surface area contributed by atoms with Gasteiger partial charge in [-0.15, -0.1) is 5.79 Å². The smallest absolute Gasteiger partial charge is 0.303 e. The molecule has 0 saturated heterocycles. The van der Waals surface area contributed by atoms with Crippen LogP contribution in [0.2, 0.25) is 5.79 Å². The van der Waals surface area contributed by atoms with E-state index in [2.05, 4.69) is 4.99 Å². The molecular weight excluding hydrogens is 158 g/mol. The highest BCUT2D eigenvalue weighted by molar-refractivity contribution is 6.66. The largest absolute Gasteiger partial charge is 0.410 e. The maximum atomic E-state index is 11.7. The number of nitrogens with zero attached hydrogens (tertiary/aromatic N) is 1. The Morgan fingerprint density at radius 2 is 2.00 bits per heavy atom. The minimum Gasteiger partial charge on any atom is -0.303 e. The summed E-state index contributed by atoms with van der Waals surface area (Å²) < 4.78 is 35.0. The first-order valence-electron chi connectivity index (χ1n) is 3.06. The average Bonchev–Trinajstić information content (AvgIpc) is 1.80. The molecule has 10 heavy (non-hydrogen) atoms. The first-order chi connectivity index (χ1) is 4.48. The second kappa shape index (κ2) is 3.99. The van der Waals surface area contributed by atoms with Gasteiger partial charge in [-0.05, 0) is 6.92 Å². The molecule has 0 bridgehead atoms. The van der Waals surface area contributed by atoms with Crippen molar-refractivity contribution in [1.82, 2.24) is 0 Å². The molecule has 0 rings (SSSR count). The van der Waals surface area contributed by atoms with Gasteiger partial charge in [0.05, 0.1) is 0 Å². The molecule has 0 saturated carbocycles. The number of halogens is 3. The summed E-state index contributed by atoms with van der Waals surface area (Å²) in [7, 11) is 0. The average molecular weight is 167 g/mol. The topological polar surface area (TPSA) is 12.4 Å². The highest BCUT2D eigenvalue weighted by Crippen LogP contribution is 2.21. The molecule has 0 aromatic heterocycles. The SMILES string of the molecule is [CH3][AlH][CH]=NC(C)C(F)(F)F. The Bertz CT molecular complexity index is 121. The quantitative estimate of drug-likeness (QED) is 0.436. The van der Waals surface area contributed by atoms with Gasteiger partial charge in [0.2, 0.25) is 0 Å². The van der Waals surface area contributed by atoms with E-state index in [9.17, 15) is 13.2 Å². The summed E-state index contributed by atoms with van der Waals surface area (Å²) in [4.78, 5) is 3.33. The fourth-order valence-electron chi connectivity index (χ4n) is 0.348. The molecule has 1 unspecified atom stereocenters. The molecule has 1 atom stereocenters. The van der Waals surface area contributed by atoms with Crippen molar-refractivity contribution in [2.24, 2.45) is 4.99 Å². The summed E-state index contributed by atoms with van der Waals surface area (Å²) in [5, 5.41) is 1.41. The summed E-state index contributed by atoms with van der Waals surface area (Å²) in [5.41, 5.74) is 0. The Balaban J connectivity index is 3.84. The van der Waals surface area contributed by atoms with Crippen molar-refractivity contribution in [2.75, 3.05) is 0 Å². The molecule has 0 aliphatic rings. The first kappa shape index (κ1) is 9.99. The Labute approximate surface area is 64.0 Å². The lowest BCUT2D eigenvalue weighted by Crippen LogP contribution is -2.23. The van der Waals surface area contributed by atoms with E-state index in [0.29, 0.717) is 0 Å². The van der Waals surface area contributed by atoms with Gasteiger partial charge in [-0.2, -0.15) is 13.2 Å². The zero-order valence-corrected chi connectivity index (χ0v) is 7.36. The van der Waals surface area contributed by atoms with Crippen molar-refractivity contribution in [3.63, 3.8) is 0 Å². The van der Waals surface area contributed by atoms with E-state index in [1.165, 1.54) is 5.08 Å². The van der Waals surface area contributed by atoms with Crippen molar-refractivity contribution in [1.29, 1.82) is 0 Å². The van der Waals surface area contributed by atoms with Gasteiger partial charge < -0.3 is 4.99 Å². The Morgan fingerprint density at radius 1 is 1.50 bits per heavy atom. The van der Waals surface area contributed by atoms with E-state index in [-0.39, 0.29) is 0 Å². The highest BCUT2D eigenvalue weighted by Gasteiger charge is 2.34. The number of rotatable bonds is 2. The maximum Gasteiger partial charge on any atom is 0.410 e. The number of hydrogen-bond donors (Lipinski definition) is 0. The zero-order chi connectivity index (χ0) is 8.20. The van der Waals surface area contributed by atoms with Crippen molar-refractivity contribution in [2.45, 2.75) is 24.9 Å². The molecule has 58 valence electrons. The molecule has 0 radical (unpaired) electrons. The zero-order valence-electron chi connectivity index (χ0n) is 5.94. The van der Waals surface area contributed by atoms with E-state index in [1.54, 1.807) is 0 Å². The molecule has 0 aliphatic carbocycles. The van der Waals surface area contributed by atoms with Crippen molar-refractivity contribution in [3.05, 3.63) is 0 Å². The van der Waals surface area contributed by atoms with E-state index in [0.717, 1.165) is 6.92 Å². The predicted octanol–water partition coefficient (Wildman–Crippen LogP) is 1.45. The second-order valence-corrected chi connectivity index (χ2v) is 3.14. The highest BCUT2D eigenvalue weighted by atomic mass is 27.1. The van der Waals surface area contributed by atoms with E-state index >= 15 is 0 Å². The third-order valence-corrected chi connectivity index (χ3v) is 1.56. The molecule has 0 spiro atoms. The van der Waals surface area contributed by atoms with Gasteiger partial charge in [0.25, 0.3) is 15.2 Å². The molecule has 0 fully saturated rings. The maximum absolute atomic E-state index is 11.7. The normalized spacial score (nSPS) is 15.7. The van der Waals surface area contributed by atoms with Gasteiger partial charge >= 0.3 is 6.18 Å². The molecule has 0 N–H and O–H groups in total. The third kappa shape index (κ3) is 3.91. The number of aliphatic imine (C=N–C) groups is 1. The molecule has 0 amide bonds. The summed E-state index contributed by atoms with van der Waals surface area (Å²) in [6.45, 7) is 1.06. The molecular formula is C5H9AlF3N. The standard InChI is InChI=1S/C4H5F3N.CH3.Al.H/c1-3(8-2)4(5,6)7;;;/h2-3H,1H3;1H3;;. The van der Waals surface area contributed by atoms with Gasteiger partial charge in [-0.3, -0.25) is 0 Å². The van der Waals surface area contributed by atoms with Gasteiger partial charge in [-0.1, -0.05) is 5.08 Å². The summed E-state index contributed by atoms with van der Waals surface area (Å²) in [6.07, 6.45) is -4.17. The van der Waals surface area contributed by atoms with Crippen LogP contribution in [0.15, 0.2) is 4.99 Å². The van der Waals surface area contributed by atoms with Crippen LogP contribution >= 0.6 is 0 Å². The van der Waals surface area contributed by atoms with Crippen LogP contribution in [0.5, 0.6) is 0 Å². The van der Waals surface area contributed by atoms with Crippen LogP contribution in [0.3, 0.4) is 0 Å². The van der Waals surface area contributed by atoms with E-state index in [1.807, 2.05) is 5.79 Å². The fraction of sp³-hybridized carbons (Fsp3) is 0.800. The van der Waals surface area contributed by atoms with E-state index in [4.69, 9.17) is 0 Å². The van der Waals surface area contributed by atoms with Crippen LogP contribution in [-0.4, -0.2) is 32.5 Å². The van der Waals surface area contributed by atoms with Gasteiger partial charge in [0.15, 0.2) is 0 Å². The van der Waals surface area contributed by atoms with Crippen molar-refractivity contribution < 1.29 is 13.2 Å². The van der Waals surface area contributed by atoms with Crippen LogP contribution in [-0.2, 0) is 0 Å². The lowest BCUT2D eigenvalue weighted by atomic mass is 10.4. The minimum absolute atomic E-state index is 0.478. The molecule has 0 aromatic rings. The molecule has 1 nitrogen and oxygen atoms in total. The minimum atomic E-state index is -4.17. The van der Waals surface area contributed by atoms with Gasteiger partial charge in [0, 0.05) is 0 Å². The summed E-state index contributed by atoms with van der Waals surface area (Å²) in [5.74, 6) is 1.88. The Hall–Kier alpha value is -0.00753. The van der Waals surface area contributed by atoms with Crippen molar-refractivity contribution in [3.8, 4) is 0 Å². The summed E-state index contributed by atoms with van der Waals surface area (Å²) in [6, 6.07) is -1.53. The van der Waals surface area contributed by atoms with Crippen LogP contribution in [0.1, 0.15) is 6.92 Å². The van der Waals surface area contributed by atoms with Crippen molar-refractivity contribution >= 4 is 20.3 Å². The number of hydrogen-bond acceptors (Lipinski definition) is 1. The van der Waals surface area contributed by atoms with Crippen LogP contribution in [0.25, 0.3) is 0 Å².